The summed E-state index contributed by atoms with van der Waals surface area (Å²) in [4.78, 5) is 4.24. The van der Waals surface area contributed by atoms with E-state index in [0.717, 1.165) is 12.8 Å². The molecule has 8 heavy (non-hydrogen) atoms. The van der Waals surface area contributed by atoms with Crippen molar-refractivity contribution in [2.24, 2.45) is 4.99 Å². The van der Waals surface area contributed by atoms with Gasteiger partial charge in [-0.1, -0.05) is 13.8 Å². The van der Waals surface area contributed by atoms with Crippen molar-refractivity contribution in [1.82, 2.24) is 0 Å². The van der Waals surface area contributed by atoms with E-state index in [1.807, 2.05) is 6.21 Å². The molecule has 1 heteroatoms. The third-order valence-corrected chi connectivity index (χ3v) is 1.13. The first-order chi connectivity index (χ1) is 3.81. The number of rotatable bonds is 3. The topological polar surface area (TPSA) is 12.4 Å². The molecule has 0 aromatic carbocycles. The van der Waals surface area contributed by atoms with Gasteiger partial charge >= 0.3 is 0 Å². The van der Waals surface area contributed by atoms with Crippen molar-refractivity contribution in [2.75, 3.05) is 0 Å². The Kier molecular flexibility index (Phi) is 4.62. The van der Waals surface area contributed by atoms with Crippen LogP contribution in [0.25, 0.3) is 0 Å². The van der Waals surface area contributed by atoms with Crippen LogP contribution in [0.3, 0.4) is 0 Å². The minimum atomic E-state index is 0.523. The van der Waals surface area contributed by atoms with Crippen LogP contribution in [0.15, 0.2) is 4.99 Å². The fraction of sp³-hybridized carbons (Fsp3) is 0.857. The maximum atomic E-state index is 4.24. The smallest absolute Gasteiger partial charge is 0.0464 e. The molecule has 0 saturated carbocycles. The summed E-state index contributed by atoms with van der Waals surface area (Å²) in [7, 11) is 0. The van der Waals surface area contributed by atoms with E-state index in [1.165, 1.54) is 0 Å². The van der Waals surface area contributed by atoms with Crippen LogP contribution in [0.2, 0.25) is 0 Å². The Hall–Kier alpha value is -0.330. The lowest BCUT2D eigenvalue weighted by atomic mass is 10.3. The Morgan fingerprint density at radius 2 is 2.12 bits per heavy atom. The molecule has 1 nitrogen and oxygen atoms in total. The lowest BCUT2D eigenvalue weighted by Crippen LogP contribution is -1.93. The normalized spacial score (nSPS) is 14.9. The molecule has 0 bridgehead atoms. The molecule has 0 unspecified atom stereocenters. The molecule has 0 aromatic rings. The average molecular weight is 113 g/mol. The standard InChI is InChI=1S/C7H15N/c1-4-6-8-7(3)5-2/h6-7H,4-5H2,1-3H3/t7-/m0/s1. The fourth-order valence-corrected chi connectivity index (χ4v) is 0.391. The summed E-state index contributed by atoms with van der Waals surface area (Å²) in [5.41, 5.74) is 0. The first-order valence-electron chi connectivity index (χ1n) is 3.32. The molecule has 0 fully saturated rings. The molecule has 0 saturated heterocycles. The Morgan fingerprint density at radius 3 is 2.50 bits per heavy atom. The van der Waals surface area contributed by atoms with E-state index in [0.29, 0.717) is 6.04 Å². The molecular weight excluding hydrogens is 98.1 g/mol. The van der Waals surface area contributed by atoms with E-state index in [2.05, 4.69) is 25.8 Å². The van der Waals surface area contributed by atoms with Gasteiger partial charge in [0.1, 0.15) is 0 Å². The van der Waals surface area contributed by atoms with Gasteiger partial charge in [0.15, 0.2) is 0 Å². The van der Waals surface area contributed by atoms with Crippen molar-refractivity contribution in [1.29, 1.82) is 0 Å². The molecule has 0 amide bonds. The van der Waals surface area contributed by atoms with Crippen LogP contribution in [0.5, 0.6) is 0 Å². The molecule has 1 atom stereocenters. The Labute approximate surface area is 51.8 Å². The van der Waals surface area contributed by atoms with Crippen molar-refractivity contribution in [2.45, 2.75) is 39.7 Å². The van der Waals surface area contributed by atoms with Gasteiger partial charge in [0.25, 0.3) is 0 Å². The summed E-state index contributed by atoms with van der Waals surface area (Å²) in [6, 6.07) is 0.523. The fourth-order valence-electron chi connectivity index (χ4n) is 0.391. The molecule has 48 valence electrons. The highest BCUT2D eigenvalue weighted by Crippen LogP contribution is 1.92. The third-order valence-electron chi connectivity index (χ3n) is 1.13. The van der Waals surface area contributed by atoms with Crippen LogP contribution in [0.4, 0.5) is 0 Å². The van der Waals surface area contributed by atoms with Crippen LogP contribution >= 0.6 is 0 Å². The molecule has 0 aliphatic rings. The number of aliphatic imine (C=N–C) groups is 1. The minimum Gasteiger partial charge on any atom is -0.295 e. The second kappa shape index (κ2) is 4.82. The minimum absolute atomic E-state index is 0.523. The van der Waals surface area contributed by atoms with Crippen molar-refractivity contribution in [3.05, 3.63) is 0 Å². The molecule has 0 heterocycles. The van der Waals surface area contributed by atoms with Gasteiger partial charge in [-0.05, 0) is 26.0 Å². The van der Waals surface area contributed by atoms with Crippen molar-refractivity contribution in [3.8, 4) is 0 Å². The first kappa shape index (κ1) is 7.67. The highest BCUT2D eigenvalue weighted by molar-refractivity contribution is 5.56. The maximum absolute atomic E-state index is 4.24. The highest BCUT2D eigenvalue weighted by atomic mass is 14.7. The number of hydrogen-bond acceptors (Lipinski definition) is 1. The largest absolute Gasteiger partial charge is 0.295 e. The van der Waals surface area contributed by atoms with Gasteiger partial charge in [-0.2, -0.15) is 0 Å². The lowest BCUT2D eigenvalue weighted by Gasteiger charge is -1.97. The van der Waals surface area contributed by atoms with Crippen molar-refractivity contribution < 1.29 is 0 Å². The molecule has 0 rings (SSSR count). The van der Waals surface area contributed by atoms with Gasteiger partial charge in [-0.3, -0.25) is 4.99 Å². The SMILES string of the molecule is CCC=N[C@@H](C)CC. The van der Waals surface area contributed by atoms with Crippen molar-refractivity contribution >= 4 is 6.21 Å². The van der Waals surface area contributed by atoms with Gasteiger partial charge in [0, 0.05) is 6.04 Å². The quantitative estimate of drug-likeness (QED) is 0.498. The van der Waals surface area contributed by atoms with E-state index in [4.69, 9.17) is 0 Å². The maximum Gasteiger partial charge on any atom is 0.0464 e. The molecule has 0 aromatic heterocycles. The van der Waals surface area contributed by atoms with Gasteiger partial charge < -0.3 is 0 Å². The summed E-state index contributed by atoms with van der Waals surface area (Å²) < 4.78 is 0. The number of hydrogen-bond donors (Lipinski definition) is 0. The van der Waals surface area contributed by atoms with Crippen LogP contribution in [-0.2, 0) is 0 Å². The summed E-state index contributed by atoms with van der Waals surface area (Å²) in [6.45, 7) is 6.38. The summed E-state index contributed by atoms with van der Waals surface area (Å²) >= 11 is 0. The van der Waals surface area contributed by atoms with Crippen molar-refractivity contribution in [3.63, 3.8) is 0 Å². The Morgan fingerprint density at radius 1 is 1.50 bits per heavy atom. The van der Waals surface area contributed by atoms with Crippen LogP contribution < -0.4 is 0 Å². The van der Waals surface area contributed by atoms with E-state index in [9.17, 15) is 0 Å². The molecule has 0 N–H and O–H groups in total. The van der Waals surface area contributed by atoms with Gasteiger partial charge in [0.05, 0.1) is 0 Å². The highest BCUT2D eigenvalue weighted by Gasteiger charge is 1.87. The zero-order valence-electron chi connectivity index (χ0n) is 6.02. The second-order valence-electron chi connectivity index (χ2n) is 2.00. The van der Waals surface area contributed by atoms with E-state index in [1.54, 1.807) is 0 Å². The van der Waals surface area contributed by atoms with E-state index in [-0.39, 0.29) is 0 Å². The van der Waals surface area contributed by atoms with Crippen LogP contribution in [0, 0.1) is 0 Å². The van der Waals surface area contributed by atoms with Gasteiger partial charge in [0.2, 0.25) is 0 Å². The zero-order valence-corrected chi connectivity index (χ0v) is 6.02. The summed E-state index contributed by atoms with van der Waals surface area (Å²) in [5, 5.41) is 0. The van der Waals surface area contributed by atoms with Gasteiger partial charge in [-0.25, -0.2) is 0 Å². The number of nitrogens with zero attached hydrogens (tertiary/aromatic N) is 1. The first-order valence-corrected chi connectivity index (χ1v) is 3.32. The predicted molar refractivity (Wildman–Crippen MR) is 38.5 cm³/mol. The van der Waals surface area contributed by atoms with Crippen LogP contribution in [0.1, 0.15) is 33.6 Å². The zero-order chi connectivity index (χ0) is 6.41. The predicted octanol–water partition coefficient (Wildman–Crippen LogP) is 2.27. The van der Waals surface area contributed by atoms with E-state index >= 15 is 0 Å². The Bertz CT molecular complexity index is 66.8. The van der Waals surface area contributed by atoms with Crippen LogP contribution in [-0.4, -0.2) is 12.3 Å². The molecule has 0 spiro atoms. The average Bonchev–Trinajstić information content (AvgIpc) is 1.83. The van der Waals surface area contributed by atoms with E-state index < -0.39 is 0 Å². The molecule has 0 aliphatic carbocycles. The second-order valence-corrected chi connectivity index (χ2v) is 2.00. The third kappa shape index (κ3) is 3.85. The Balaban J connectivity index is 3.21. The molecule has 0 radical (unpaired) electrons. The van der Waals surface area contributed by atoms with Gasteiger partial charge in [-0.15, -0.1) is 0 Å². The lowest BCUT2D eigenvalue weighted by molar-refractivity contribution is 0.718. The summed E-state index contributed by atoms with van der Waals surface area (Å²) in [5.74, 6) is 0. The molecule has 0 aliphatic heterocycles. The summed E-state index contributed by atoms with van der Waals surface area (Å²) in [6.07, 6.45) is 4.19. The monoisotopic (exact) mass is 113 g/mol. The molecular formula is C7H15N.